The van der Waals surface area contributed by atoms with Crippen LogP contribution in [0.15, 0.2) is 48.6 Å². The average molecular weight is 421 g/mol. The van der Waals surface area contributed by atoms with Crippen molar-refractivity contribution >= 4 is 17.6 Å². The van der Waals surface area contributed by atoms with Gasteiger partial charge in [-0.05, 0) is 55.5 Å². The fraction of sp³-hybridized carbons (Fsp3) is 0.360. The molecule has 3 unspecified atom stereocenters. The van der Waals surface area contributed by atoms with Crippen LogP contribution in [0.1, 0.15) is 60.6 Å². The van der Waals surface area contributed by atoms with Crippen molar-refractivity contribution in [2.75, 3.05) is 12.4 Å². The second kappa shape index (κ2) is 8.46. The van der Waals surface area contributed by atoms with E-state index >= 15 is 0 Å². The molecule has 1 amide bonds. The van der Waals surface area contributed by atoms with Gasteiger partial charge in [-0.25, -0.2) is 0 Å². The van der Waals surface area contributed by atoms with E-state index < -0.39 is 5.97 Å². The highest BCUT2D eigenvalue weighted by atomic mass is 16.6. The SMILES string of the molecule is COc1cc(C2Nc3c(C(=O)NC(C)C)cccc3C3C=CCC32)ccc1OC(C)=O. The third kappa shape index (κ3) is 4.02. The van der Waals surface area contributed by atoms with E-state index in [1.807, 2.05) is 38.1 Å². The monoisotopic (exact) mass is 420 g/mol. The summed E-state index contributed by atoms with van der Waals surface area (Å²) in [6, 6.07) is 11.6. The number of allylic oxidation sites excluding steroid dienone is 2. The summed E-state index contributed by atoms with van der Waals surface area (Å²) in [5.74, 6) is 0.979. The number of carbonyl (C=O) groups is 2. The average Bonchev–Trinajstić information content (AvgIpc) is 3.22. The molecule has 0 fully saturated rings. The first-order chi connectivity index (χ1) is 14.9. The lowest BCUT2D eigenvalue weighted by Gasteiger charge is -2.38. The van der Waals surface area contributed by atoms with Gasteiger partial charge in [-0.15, -0.1) is 0 Å². The van der Waals surface area contributed by atoms with Crippen LogP contribution in [0.2, 0.25) is 0 Å². The van der Waals surface area contributed by atoms with E-state index in [0.29, 0.717) is 23.0 Å². The van der Waals surface area contributed by atoms with Gasteiger partial charge in [0.15, 0.2) is 11.5 Å². The first-order valence-corrected chi connectivity index (χ1v) is 10.6. The maximum atomic E-state index is 12.9. The molecule has 2 aromatic rings. The number of hydrogen-bond acceptors (Lipinski definition) is 5. The molecule has 4 rings (SSSR count). The quantitative estimate of drug-likeness (QED) is 0.420. The maximum Gasteiger partial charge on any atom is 0.308 e. The normalized spacial score (nSPS) is 21.1. The number of amides is 1. The minimum atomic E-state index is -0.392. The molecule has 2 aliphatic rings. The standard InChI is InChI=1S/C25H28N2O4/c1-14(2)26-25(29)20-10-6-9-19-17-7-5-8-18(17)23(27-24(19)20)16-11-12-21(31-15(3)28)22(13-16)30-4/h5-7,9-14,17-18,23,27H,8H2,1-4H3,(H,26,29). The predicted molar refractivity (Wildman–Crippen MR) is 120 cm³/mol. The fourth-order valence-corrected chi connectivity index (χ4v) is 4.60. The van der Waals surface area contributed by atoms with Crippen molar-refractivity contribution in [3.8, 4) is 11.5 Å². The second-order valence-electron chi connectivity index (χ2n) is 8.38. The number of ether oxygens (including phenoxy) is 2. The maximum absolute atomic E-state index is 12.9. The lowest BCUT2D eigenvalue weighted by molar-refractivity contribution is -0.132. The molecule has 0 bridgehead atoms. The van der Waals surface area contributed by atoms with Gasteiger partial charge in [-0.2, -0.15) is 0 Å². The Morgan fingerprint density at radius 1 is 1.16 bits per heavy atom. The zero-order valence-corrected chi connectivity index (χ0v) is 18.3. The Morgan fingerprint density at radius 2 is 1.97 bits per heavy atom. The van der Waals surface area contributed by atoms with E-state index in [9.17, 15) is 9.59 Å². The Bertz CT molecular complexity index is 1040. The Balaban J connectivity index is 1.74. The van der Waals surface area contributed by atoms with Gasteiger partial charge in [-0.1, -0.05) is 30.4 Å². The third-order valence-electron chi connectivity index (χ3n) is 5.86. The van der Waals surface area contributed by atoms with Gasteiger partial charge < -0.3 is 20.1 Å². The lowest BCUT2D eigenvalue weighted by Crippen LogP contribution is -2.34. The van der Waals surface area contributed by atoms with Crippen molar-refractivity contribution in [1.29, 1.82) is 0 Å². The number of nitrogens with one attached hydrogen (secondary N) is 2. The van der Waals surface area contributed by atoms with Crippen molar-refractivity contribution in [2.45, 2.75) is 45.2 Å². The molecule has 0 saturated heterocycles. The molecule has 0 aromatic heterocycles. The van der Waals surface area contributed by atoms with E-state index in [4.69, 9.17) is 9.47 Å². The third-order valence-corrected chi connectivity index (χ3v) is 5.86. The molecule has 6 nitrogen and oxygen atoms in total. The minimum absolute atomic E-state index is 0.0132. The molecule has 0 spiro atoms. The second-order valence-corrected chi connectivity index (χ2v) is 8.38. The Kier molecular flexibility index (Phi) is 5.72. The van der Waals surface area contributed by atoms with Gasteiger partial charge in [0.05, 0.1) is 24.4 Å². The molecule has 2 N–H and O–H groups in total. The summed E-state index contributed by atoms with van der Waals surface area (Å²) in [6.07, 6.45) is 5.40. The van der Waals surface area contributed by atoms with Crippen LogP contribution in [0.25, 0.3) is 0 Å². The van der Waals surface area contributed by atoms with Crippen molar-refractivity contribution in [2.24, 2.45) is 5.92 Å². The van der Waals surface area contributed by atoms with Crippen LogP contribution >= 0.6 is 0 Å². The van der Waals surface area contributed by atoms with Gasteiger partial charge >= 0.3 is 5.97 Å². The summed E-state index contributed by atoms with van der Waals surface area (Å²) in [7, 11) is 1.56. The Hall–Kier alpha value is -3.28. The number of methoxy groups -OCH3 is 1. The first-order valence-electron chi connectivity index (χ1n) is 10.6. The van der Waals surface area contributed by atoms with Gasteiger partial charge in [0.25, 0.3) is 5.91 Å². The number of rotatable bonds is 5. The molecule has 0 saturated carbocycles. The summed E-state index contributed by atoms with van der Waals surface area (Å²) in [4.78, 5) is 24.3. The zero-order valence-electron chi connectivity index (χ0n) is 18.3. The van der Waals surface area contributed by atoms with Crippen molar-refractivity contribution in [1.82, 2.24) is 5.32 Å². The summed E-state index contributed by atoms with van der Waals surface area (Å²) in [6.45, 7) is 5.28. The van der Waals surface area contributed by atoms with Crippen LogP contribution in [0.4, 0.5) is 5.69 Å². The van der Waals surface area contributed by atoms with Crippen LogP contribution in [-0.4, -0.2) is 25.0 Å². The summed E-state index contributed by atoms with van der Waals surface area (Å²) >= 11 is 0. The van der Waals surface area contributed by atoms with Crippen molar-refractivity contribution in [3.63, 3.8) is 0 Å². The molecule has 1 aliphatic heterocycles. The van der Waals surface area contributed by atoms with E-state index in [1.54, 1.807) is 13.2 Å². The smallest absolute Gasteiger partial charge is 0.308 e. The molecule has 1 heterocycles. The molecule has 2 aromatic carbocycles. The molecule has 162 valence electrons. The van der Waals surface area contributed by atoms with Gasteiger partial charge in [0.1, 0.15) is 0 Å². The fourth-order valence-electron chi connectivity index (χ4n) is 4.60. The number of esters is 1. The first kappa shape index (κ1) is 21.0. The van der Waals surface area contributed by atoms with Crippen LogP contribution in [0, 0.1) is 5.92 Å². The van der Waals surface area contributed by atoms with Crippen LogP contribution in [-0.2, 0) is 4.79 Å². The number of anilines is 1. The lowest BCUT2D eigenvalue weighted by atomic mass is 9.76. The van der Waals surface area contributed by atoms with Gasteiger partial charge in [0.2, 0.25) is 0 Å². The number of benzene rings is 2. The number of fused-ring (bicyclic) bond motifs is 3. The predicted octanol–water partition coefficient (Wildman–Crippen LogP) is 4.59. The van der Waals surface area contributed by atoms with E-state index in [0.717, 1.165) is 23.2 Å². The molecule has 31 heavy (non-hydrogen) atoms. The number of hydrogen-bond donors (Lipinski definition) is 2. The van der Waals surface area contributed by atoms with Crippen LogP contribution in [0.5, 0.6) is 11.5 Å². The summed E-state index contributed by atoms with van der Waals surface area (Å²) < 4.78 is 10.7. The van der Waals surface area contributed by atoms with Gasteiger partial charge in [-0.3, -0.25) is 9.59 Å². The Morgan fingerprint density at radius 3 is 2.68 bits per heavy atom. The summed E-state index contributed by atoms with van der Waals surface area (Å²) in [5, 5.41) is 6.66. The topological polar surface area (TPSA) is 76.7 Å². The van der Waals surface area contributed by atoms with Crippen LogP contribution in [0.3, 0.4) is 0 Å². The van der Waals surface area contributed by atoms with E-state index in [2.05, 4.69) is 28.9 Å². The highest BCUT2D eigenvalue weighted by molar-refractivity contribution is 6.01. The highest BCUT2D eigenvalue weighted by Gasteiger charge is 2.39. The zero-order chi connectivity index (χ0) is 22.1. The van der Waals surface area contributed by atoms with E-state index in [1.165, 1.54) is 6.92 Å². The Labute approximate surface area is 182 Å². The number of para-hydroxylation sites is 1. The number of carbonyl (C=O) groups excluding carboxylic acids is 2. The molecular formula is C25H28N2O4. The molecule has 3 atom stereocenters. The highest BCUT2D eigenvalue weighted by Crippen LogP contribution is 2.51. The van der Waals surface area contributed by atoms with Crippen molar-refractivity contribution < 1.29 is 19.1 Å². The van der Waals surface area contributed by atoms with Gasteiger partial charge in [0, 0.05) is 18.9 Å². The van der Waals surface area contributed by atoms with Crippen LogP contribution < -0.4 is 20.1 Å². The molecule has 1 aliphatic carbocycles. The van der Waals surface area contributed by atoms with E-state index in [-0.39, 0.29) is 23.9 Å². The molecule has 0 radical (unpaired) electrons. The largest absolute Gasteiger partial charge is 0.493 e. The summed E-state index contributed by atoms with van der Waals surface area (Å²) in [5.41, 5.74) is 3.70. The van der Waals surface area contributed by atoms with Crippen molar-refractivity contribution in [3.05, 3.63) is 65.2 Å². The molecule has 6 heteroatoms. The minimum Gasteiger partial charge on any atom is -0.493 e. The molecular weight excluding hydrogens is 392 g/mol.